The van der Waals surface area contributed by atoms with Crippen molar-refractivity contribution in [1.29, 1.82) is 0 Å². The van der Waals surface area contributed by atoms with Gasteiger partial charge in [-0.25, -0.2) is 4.79 Å². The summed E-state index contributed by atoms with van der Waals surface area (Å²) in [5.74, 6) is 7.42. The van der Waals surface area contributed by atoms with Crippen molar-refractivity contribution in [2.45, 2.75) is 49.2 Å². The normalized spacial score (nSPS) is 25.4. The van der Waals surface area contributed by atoms with E-state index >= 15 is 0 Å². The van der Waals surface area contributed by atoms with E-state index in [0.717, 1.165) is 36.3 Å². The predicted molar refractivity (Wildman–Crippen MR) is 167 cm³/mol. The second kappa shape index (κ2) is 12.8. The molecule has 3 fully saturated rings. The third kappa shape index (κ3) is 7.03. The van der Waals surface area contributed by atoms with Crippen LogP contribution in [0.1, 0.15) is 35.4 Å². The molecule has 0 bridgehead atoms. The van der Waals surface area contributed by atoms with Crippen molar-refractivity contribution in [2.75, 3.05) is 45.6 Å². The number of likely N-dealkylation sites (N-methyl/N-ethyl adjacent to an activating group) is 1. The minimum atomic E-state index is -1.04. The van der Waals surface area contributed by atoms with Crippen LogP contribution in [0.2, 0.25) is 0 Å². The summed E-state index contributed by atoms with van der Waals surface area (Å²) in [6, 6.07) is 25.5. The predicted octanol–water partition coefficient (Wildman–Crippen LogP) is 3.60. The molecular weight excluding hydrogens is 540 g/mol. The van der Waals surface area contributed by atoms with E-state index < -0.39 is 12.2 Å². The average Bonchev–Trinajstić information content (AvgIpc) is 3.82. The number of aliphatic hydroxyl groups is 2. The van der Waals surface area contributed by atoms with Gasteiger partial charge in [0.05, 0.1) is 24.9 Å². The van der Waals surface area contributed by atoms with Crippen LogP contribution in [0, 0.1) is 11.8 Å². The first-order chi connectivity index (χ1) is 20.8. The number of aliphatic hydroxyl groups excluding tert-OH is 2. The molecule has 5 atom stereocenters. The summed E-state index contributed by atoms with van der Waals surface area (Å²) in [4.78, 5) is 19.6. The van der Waals surface area contributed by atoms with Crippen LogP contribution < -0.4 is 10.1 Å². The van der Waals surface area contributed by atoms with Gasteiger partial charge in [0, 0.05) is 54.5 Å². The number of anilines is 1. The Morgan fingerprint density at radius 1 is 0.884 bits per heavy atom. The Bertz CT molecular complexity index is 1450. The quantitative estimate of drug-likeness (QED) is 0.387. The van der Waals surface area contributed by atoms with Crippen LogP contribution in [0.3, 0.4) is 0 Å². The van der Waals surface area contributed by atoms with Gasteiger partial charge in [-0.1, -0.05) is 42.2 Å². The molecule has 3 N–H and O–H groups in total. The molecule has 0 spiro atoms. The highest BCUT2D eigenvalue weighted by Gasteiger charge is 2.51. The first-order valence-corrected chi connectivity index (χ1v) is 15.1. The molecule has 2 aliphatic heterocycles. The highest BCUT2D eigenvalue weighted by molar-refractivity contribution is 5.89. The van der Waals surface area contributed by atoms with Crippen LogP contribution in [0.5, 0.6) is 5.75 Å². The number of ether oxygens (including phenoxy) is 1. The fourth-order valence-electron chi connectivity index (χ4n) is 6.14. The Balaban J connectivity index is 1.20. The summed E-state index contributed by atoms with van der Waals surface area (Å²) in [7, 11) is 4.09. The molecule has 3 aromatic carbocycles. The Kier molecular flexibility index (Phi) is 8.68. The smallest absolute Gasteiger partial charge is 0.321 e. The summed E-state index contributed by atoms with van der Waals surface area (Å²) >= 11 is 0. The van der Waals surface area contributed by atoms with E-state index in [2.05, 4.69) is 51.2 Å². The van der Waals surface area contributed by atoms with Gasteiger partial charge in [0.1, 0.15) is 5.75 Å². The number of hydrogen-bond acceptors (Lipinski definition) is 6. The van der Waals surface area contributed by atoms with Crippen molar-refractivity contribution >= 4 is 11.7 Å². The largest absolute Gasteiger partial charge is 0.490 e. The molecule has 6 rings (SSSR count). The van der Waals surface area contributed by atoms with Crippen LogP contribution in [0.4, 0.5) is 10.5 Å². The first-order valence-electron chi connectivity index (χ1n) is 15.1. The van der Waals surface area contributed by atoms with E-state index in [1.807, 2.05) is 68.7 Å². The maximum absolute atomic E-state index is 13.5. The maximum Gasteiger partial charge on any atom is 0.321 e. The van der Waals surface area contributed by atoms with Crippen LogP contribution in [0.15, 0.2) is 78.9 Å². The van der Waals surface area contributed by atoms with Crippen LogP contribution >= 0.6 is 0 Å². The van der Waals surface area contributed by atoms with Gasteiger partial charge in [-0.3, -0.25) is 4.90 Å². The van der Waals surface area contributed by atoms with E-state index in [-0.39, 0.29) is 30.6 Å². The fraction of sp³-hybridized carbons (Fsp3) is 0.400. The van der Waals surface area contributed by atoms with Crippen LogP contribution in [0.25, 0.3) is 0 Å². The van der Waals surface area contributed by atoms with Crippen molar-refractivity contribution in [3.8, 4) is 17.6 Å². The molecule has 0 radical (unpaired) electrons. The van der Waals surface area contributed by atoms with Gasteiger partial charge in [-0.2, -0.15) is 0 Å². The van der Waals surface area contributed by atoms with E-state index in [9.17, 15) is 15.0 Å². The van der Waals surface area contributed by atoms with Crippen LogP contribution in [-0.2, 0) is 0 Å². The number of fused-ring (bicyclic) bond motifs is 1. The Labute approximate surface area is 253 Å². The minimum absolute atomic E-state index is 0.00609. The Hall–Kier alpha value is -3.87. The molecule has 224 valence electrons. The topological polar surface area (TPSA) is 88.5 Å². The number of urea groups is 1. The molecule has 8 nitrogen and oxygen atoms in total. The maximum atomic E-state index is 13.5. The van der Waals surface area contributed by atoms with Crippen molar-refractivity contribution < 1.29 is 19.7 Å². The van der Waals surface area contributed by atoms with E-state index in [4.69, 9.17) is 4.74 Å². The molecule has 0 unspecified atom stereocenters. The lowest BCUT2D eigenvalue weighted by atomic mass is 9.73. The summed E-state index contributed by atoms with van der Waals surface area (Å²) in [5.41, 5.74) is 3.76. The summed E-state index contributed by atoms with van der Waals surface area (Å²) in [5, 5.41) is 24.7. The van der Waals surface area contributed by atoms with Gasteiger partial charge in [-0.15, -0.1) is 0 Å². The van der Waals surface area contributed by atoms with Crippen molar-refractivity contribution in [3.05, 3.63) is 95.6 Å². The highest BCUT2D eigenvalue weighted by atomic mass is 16.5. The molecule has 1 aliphatic carbocycles. The lowest BCUT2D eigenvalue weighted by Crippen LogP contribution is -2.71. The van der Waals surface area contributed by atoms with E-state index in [1.165, 1.54) is 5.56 Å². The summed E-state index contributed by atoms with van der Waals surface area (Å²) < 4.78 is 5.82. The number of nitrogens with one attached hydrogen (secondary N) is 1. The van der Waals surface area contributed by atoms with Crippen LogP contribution in [-0.4, -0.2) is 102 Å². The second-order valence-electron chi connectivity index (χ2n) is 12.2. The number of nitrogens with zero attached hydrogens (tertiary/aromatic N) is 3. The lowest BCUT2D eigenvalue weighted by Gasteiger charge is -2.59. The van der Waals surface area contributed by atoms with E-state index in [0.29, 0.717) is 24.9 Å². The zero-order valence-electron chi connectivity index (χ0n) is 24.8. The molecule has 3 aliphatic rings. The van der Waals surface area contributed by atoms with Crippen molar-refractivity contribution in [2.24, 2.45) is 0 Å². The standard InChI is InChI=1S/C35H40N4O4/c1-37(2)20-30-34(26-12-10-25(11-13-26)9-8-24-6-4-3-5-7-24)31-21-38(22-32(40)33(41)23-39(30)31)35(42)36-27-14-16-28(17-15-27)43-29-18-19-29/h3-7,10-17,29-34,40-41H,18-23H2,1-2H3,(H,36,42)/t30-,31+,32+,33-,34+/m1/s1. The monoisotopic (exact) mass is 580 g/mol. The molecular formula is C35H40N4O4. The summed E-state index contributed by atoms with van der Waals surface area (Å²) in [6.45, 7) is 1.64. The number of hydrogen-bond donors (Lipinski definition) is 3. The molecule has 2 saturated heterocycles. The Morgan fingerprint density at radius 2 is 1.53 bits per heavy atom. The zero-order valence-corrected chi connectivity index (χ0v) is 24.8. The Morgan fingerprint density at radius 3 is 2.19 bits per heavy atom. The third-order valence-electron chi connectivity index (χ3n) is 8.53. The number of amides is 2. The highest BCUT2D eigenvalue weighted by Crippen LogP contribution is 2.42. The van der Waals surface area contributed by atoms with Gasteiger partial charge < -0.3 is 30.1 Å². The second-order valence-corrected chi connectivity index (χ2v) is 12.2. The average molecular weight is 581 g/mol. The number of rotatable bonds is 6. The van der Waals surface area contributed by atoms with Gasteiger partial charge in [-0.05, 0) is 81.0 Å². The first kappa shape index (κ1) is 29.2. The number of benzene rings is 3. The molecule has 0 aromatic heterocycles. The molecule has 3 aromatic rings. The zero-order chi connectivity index (χ0) is 29.9. The SMILES string of the molecule is CN(C)C[C@@H]1[C@H](c2ccc(C#Cc3ccccc3)cc2)[C@@H]2CN(C(=O)Nc3ccc(OC4CC4)cc3)C[C@H](O)[C@H](O)CN12. The van der Waals surface area contributed by atoms with Gasteiger partial charge >= 0.3 is 6.03 Å². The third-order valence-corrected chi connectivity index (χ3v) is 8.53. The van der Waals surface area contributed by atoms with Gasteiger partial charge in [0.15, 0.2) is 0 Å². The van der Waals surface area contributed by atoms with Gasteiger partial charge in [0.25, 0.3) is 0 Å². The number of carbonyl (C=O) groups excluding carboxylic acids is 1. The molecule has 2 amide bonds. The molecule has 43 heavy (non-hydrogen) atoms. The minimum Gasteiger partial charge on any atom is -0.490 e. The molecule has 1 saturated carbocycles. The van der Waals surface area contributed by atoms with Crippen molar-refractivity contribution in [1.82, 2.24) is 14.7 Å². The van der Waals surface area contributed by atoms with Crippen molar-refractivity contribution in [3.63, 3.8) is 0 Å². The lowest BCUT2D eigenvalue weighted by molar-refractivity contribution is -0.105. The fourth-order valence-corrected chi connectivity index (χ4v) is 6.14. The molecule has 8 heteroatoms. The number of β-amino-alcohol motifs (C(OH)–C–C–N with tert-alkyl or cyclic N) is 1. The van der Waals surface area contributed by atoms with E-state index in [1.54, 1.807) is 4.90 Å². The van der Waals surface area contributed by atoms with Gasteiger partial charge in [0.2, 0.25) is 0 Å². The summed E-state index contributed by atoms with van der Waals surface area (Å²) in [6.07, 6.45) is 0.481. The number of carbonyl (C=O) groups is 1. The molecule has 2 heterocycles.